The van der Waals surface area contributed by atoms with Gasteiger partial charge in [0.25, 0.3) is 0 Å². The number of benzene rings is 1. The average Bonchev–Trinajstić information content (AvgIpc) is 2.79. The van der Waals surface area contributed by atoms with Crippen LogP contribution < -0.4 is 0 Å². The molecule has 0 saturated carbocycles. The van der Waals surface area contributed by atoms with E-state index >= 15 is 0 Å². The van der Waals surface area contributed by atoms with Crippen LogP contribution in [0.15, 0.2) is 29.2 Å². The molecule has 1 aromatic rings. The van der Waals surface area contributed by atoms with Crippen LogP contribution in [-0.4, -0.2) is 25.8 Å². The van der Waals surface area contributed by atoms with Crippen molar-refractivity contribution >= 4 is 10.0 Å². The summed E-state index contributed by atoms with van der Waals surface area (Å²) >= 11 is 0. The normalized spacial score (nSPS) is 21.7. The Kier molecular flexibility index (Phi) is 3.78. The lowest BCUT2D eigenvalue weighted by Crippen LogP contribution is -2.29. The summed E-state index contributed by atoms with van der Waals surface area (Å²) in [6.07, 6.45) is 0.975. The number of aryl methyl sites for hydroxylation is 1. The Hall–Kier alpha value is -0.870. The molecule has 1 aromatic carbocycles. The topological polar surface area (TPSA) is 37.4 Å². The largest absolute Gasteiger partial charge is 0.243 e. The zero-order valence-electron chi connectivity index (χ0n) is 11.3. The molecular weight excluding hydrogens is 246 g/mol. The molecule has 2 rings (SSSR count). The number of sulfonamides is 1. The minimum absolute atomic E-state index is 0.414. The molecule has 4 heteroatoms. The van der Waals surface area contributed by atoms with Gasteiger partial charge in [0.05, 0.1) is 4.90 Å². The van der Waals surface area contributed by atoms with Crippen molar-refractivity contribution in [3.8, 4) is 0 Å². The lowest BCUT2D eigenvalue weighted by Gasteiger charge is -2.18. The van der Waals surface area contributed by atoms with E-state index in [1.165, 1.54) is 0 Å². The molecule has 0 amide bonds. The molecule has 0 bridgehead atoms. The Morgan fingerprint density at radius 1 is 1.22 bits per heavy atom. The van der Waals surface area contributed by atoms with Gasteiger partial charge in [0.2, 0.25) is 10.0 Å². The quantitative estimate of drug-likeness (QED) is 0.844. The van der Waals surface area contributed by atoms with E-state index in [0.717, 1.165) is 12.0 Å². The Morgan fingerprint density at radius 3 is 2.33 bits per heavy atom. The van der Waals surface area contributed by atoms with E-state index in [9.17, 15) is 8.42 Å². The summed E-state index contributed by atoms with van der Waals surface area (Å²) in [4.78, 5) is 0.414. The highest BCUT2D eigenvalue weighted by Crippen LogP contribution is 2.28. The molecule has 0 aromatic heterocycles. The first-order chi connectivity index (χ1) is 8.41. The van der Waals surface area contributed by atoms with Gasteiger partial charge in [-0.2, -0.15) is 4.31 Å². The lowest BCUT2D eigenvalue weighted by molar-refractivity contribution is 0.388. The first-order valence-corrected chi connectivity index (χ1v) is 7.92. The maximum Gasteiger partial charge on any atom is 0.243 e. The van der Waals surface area contributed by atoms with Crippen molar-refractivity contribution in [3.05, 3.63) is 29.8 Å². The fourth-order valence-corrected chi connectivity index (χ4v) is 3.89. The van der Waals surface area contributed by atoms with Gasteiger partial charge >= 0.3 is 0 Å². The highest BCUT2D eigenvalue weighted by molar-refractivity contribution is 7.89. The molecule has 0 aliphatic carbocycles. The second-order valence-electron chi connectivity index (χ2n) is 5.47. The first-order valence-electron chi connectivity index (χ1n) is 6.48. The lowest BCUT2D eigenvalue weighted by atomic mass is 9.96. The van der Waals surface area contributed by atoms with Crippen molar-refractivity contribution in [2.24, 2.45) is 11.8 Å². The van der Waals surface area contributed by atoms with E-state index in [0.29, 0.717) is 29.8 Å². The van der Waals surface area contributed by atoms with Crippen LogP contribution >= 0.6 is 0 Å². The molecule has 0 radical (unpaired) electrons. The number of rotatable bonds is 3. The molecule has 0 N–H and O–H groups in total. The molecule has 1 aliphatic rings. The van der Waals surface area contributed by atoms with Crippen LogP contribution in [0.5, 0.6) is 0 Å². The third-order valence-electron chi connectivity index (χ3n) is 3.79. The zero-order valence-corrected chi connectivity index (χ0v) is 12.1. The van der Waals surface area contributed by atoms with Crippen molar-refractivity contribution in [1.29, 1.82) is 0 Å². The van der Waals surface area contributed by atoms with Crippen LogP contribution in [0, 0.1) is 18.8 Å². The van der Waals surface area contributed by atoms with Crippen molar-refractivity contribution in [2.75, 3.05) is 13.1 Å². The van der Waals surface area contributed by atoms with Crippen LogP contribution in [0.3, 0.4) is 0 Å². The van der Waals surface area contributed by atoms with Crippen LogP contribution in [-0.2, 0) is 10.0 Å². The molecule has 0 spiro atoms. The van der Waals surface area contributed by atoms with Crippen molar-refractivity contribution in [1.82, 2.24) is 4.31 Å². The highest BCUT2D eigenvalue weighted by atomic mass is 32.2. The van der Waals surface area contributed by atoms with Gasteiger partial charge in [-0.3, -0.25) is 0 Å². The predicted octanol–water partition coefficient (Wildman–Crippen LogP) is 2.66. The van der Waals surface area contributed by atoms with E-state index in [2.05, 4.69) is 13.8 Å². The van der Waals surface area contributed by atoms with Gasteiger partial charge in [0, 0.05) is 13.1 Å². The van der Waals surface area contributed by atoms with E-state index in [-0.39, 0.29) is 0 Å². The fourth-order valence-electron chi connectivity index (χ4n) is 2.38. The van der Waals surface area contributed by atoms with Crippen LogP contribution in [0.2, 0.25) is 0 Å². The number of nitrogens with zero attached hydrogens (tertiary/aromatic N) is 1. The average molecular weight is 267 g/mol. The summed E-state index contributed by atoms with van der Waals surface area (Å²) in [7, 11) is -3.29. The molecule has 1 saturated heterocycles. The molecule has 18 heavy (non-hydrogen) atoms. The van der Waals surface area contributed by atoms with Gasteiger partial charge in [0.1, 0.15) is 0 Å². The Labute approximate surface area is 110 Å². The molecule has 100 valence electrons. The van der Waals surface area contributed by atoms with Gasteiger partial charge in [0.15, 0.2) is 0 Å². The summed E-state index contributed by atoms with van der Waals surface area (Å²) in [5.41, 5.74) is 1.08. The maximum atomic E-state index is 12.4. The first kappa shape index (κ1) is 13.6. The van der Waals surface area contributed by atoms with Crippen LogP contribution in [0.4, 0.5) is 0 Å². The SMILES string of the molecule is Cc1ccc(S(=O)(=O)N2CCC(C(C)C)C2)cc1. The molecule has 1 atom stereocenters. The van der Waals surface area contributed by atoms with Crippen molar-refractivity contribution in [3.63, 3.8) is 0 Å². The summed E-state index contributed by atoms with van der Waals surface area (Å²) < 4.78 is 26.5. The van der Waals surface area contributed by atoms with Gasteiger partial charge in [-0.1, -0.05) is 31.5 Å². The highest BCUT2D eigenvalue weighted by Gasteiger charge is 2.33. The van der Waals surface area contributed by atoms with Gasteiger partial charge in [-0.25, -0.2) is 8.42 Å². The summed E-state index contributed by atoms with van der Waals surface area (Å²) in [5, 5.41) is 0. The standard InChI is InChI=1S/C14H21NO2S/c1-11(2)13-8-9-15(10-13)18(16,17)14-6-4-12(3)5-7-14/h4-7,11,13H,8-10H2,1-3H3. The van der Waals surface area contributed by atoms with Crippen LogP contribution in [0.1, 0.15) is 25.8 Å². The summed E-state index contributed by atoms with van der Waals surface area (Å²) in [6, 6.07) is 7.10. The molecule has 1 heterocycles. The molecule has 1 aliphatic heterocycles. The molecule has 1 unspecified atom stereocenters. The van der Waals surface area contributed by atoms with Crippen molar-refractivity contribution in [2.45, 2.75) is 32.1 Å². The molecular formula is C14H21NO2S. The van der Waals surface area contributed by atoms with E-state index < -0.39 is 10.0 Å². The minimum atomic E-state index is -3.29. The zero-order chi connectivity index (χ0) is 13.3. The smallest absolute Gasteiger partial charge is 0.207 e. The van der Waals surface area contributed by atoms with Gasteiger partial charge < -0.3 is 0 Å². The summed E-state index contributed by atoms with van der Waals surface area (Å²) in [5.74, 6) is 1.04. The number of hydrogen-bond acceptors (Lipinski definition) is 2. The van der Waals surface area contributed by atoms with Crippen LogP contribution in [0.25, 0.3) is 0 Å². The summed E-state index contributed by atoms with van der Waals surface area (Å²) in [6.45, 7) is 7.59. The van der Waals surface area contributed by atoms with Gasteiger partial charge in [-0.05, 0) is 37.3 Å². The molecule has 1 fully saturated rings. The second kappa shape index (κ2) is 5.02. The Bertz CT molecular complexity index is 505. The second-order valence-corrected chi connectivity index (χ2v) is 7.41. The van der Waals surface area contributed by atoms with E-state index in [1.54, 1.807) is 16.4 Å². The Balaban J connectivity index is 2.20. The monoisotopic (exact) mass is 267 g/mol. The van der Waals surface area contributed by atoms with E-state index in [4.69, 9.17) is 0 Å². The number of hydrogen-bond donors (Lipinski definition) is 0. The maximum absolute atomic E-state index is 12.4. The van der Waals surface area contributed by atoms with Gasteiger partial charge in [-0.15, -0.1) is 0 Å². The van der Waals surface area contributed by atoms with E-state index in [1.807, 2.05) is 19.1 Å². The van der Waals surface area contributed by atoms with Crippen molar-refractivity contribution < 1.29 is 8.42 Å². The predicted molar refractivity (Wildman–Crippen MR) is 72.9 cm³/mol. The third kappa shape index (κ3) is 2.59. The fraction of sp³-hybridized carbons (Fsp3) is 0.571. The third-order valence-corrected chi connectivity index (χ3v) is 5.67. The Morgan fingerprint density at radius 2 is 1.83 bits per heavy atom. The molecule has 3 nitrogen and oxygen atoms in total. The minimum Gasteiger partial charge on any atom is -0.207 e.